The zero-order valence-corrected chi connectivity index (χ0v) is 43.2. The molecule has 0 unspecified atom stereocenters. The van der Waals surface area contributed by atoms with Gasteiger partial charge < -0.3 is 18.3 Å². The Balaban J connectivity index is 0.779. The van der Waals surface area contributed by atoms with Gasteiger partial charge in [-0.25, -0.2) is 0 Å². The first-order valence-corrected chi connectivity index (χ1v) is 27.0. The minimum atomic E-state index is 1.13. The molecule has 0 fully saturated rings. The second kappa shape index (κ2) is 17.2. The third-order valence-corrected chi connectivity index (χ3v) is 16.5. The van der Waals surface area contributed by atoms with Crippen LogP contribution >= 0.6 is 0 Å². The Morgan fingerprint density at radius 2 is 0.538 bits per heavy atom. The van der Waals surface area contributed by atoms with Crippen molar-refractivity contribution in [1.82, 2.24) is 18.3 Å². The number of aryl methyl sites for hydroxylation is 2. The Kier molecular flexibility index (Phi) is 9.73. The summed E-state index contributed by atoms with van der Waals surface area (Å²) in [7, 11) is 0. The third kappa shape index (κ3) is 6.73. The van der Waals surface area contributed by atoms with Gasteiger partial charge in [0.1, 0.15) is 0 Å². The average Bonchev–Trinajstić information content (AvgIpc) is 4.44. The molecule has 78 heavy (non-hydrogen) atoms. The molecular weight excluding hydrogens is 945 g/mol. The maximum absolute atomic E-state index is 2.45. The second-order valence-electron chi connectivity index (χ2n) is 21.1. The highest BCUT2D eigenvalue weighted by atomic mass is 15.0. The lowest BCUT2D eigenvalue weighted by atomic mass is 9.99. The molecule has 4 heteroatoms. The summed E-state index contributed by atoms with van der Waals surface area (Å²) < 4.78 is 9.67. The molecule has 0 amide bonds. The van der Waals surface area contributed by atoms with Gasteiger partial charge >= 0.3 is 0 Å². The molecule has 0 radical (unpaired) electrons. The Morgan fingerprint density at radius 1 is 0.205 bits per heavy atom. The molecule has 16 rings (SSSR count). The molecule has 0 aliphatic rings. The van der Waals surface area contributed by atoms with Gasteiger partial charge in [0, 0.05) is 65.8 Å². The van der Waals surface area contributed by atoms with Crippen molar-refractivity contribution in [2.75, 3.05) is 0 Å². The lowest BCUT2D eigenvalue weighted by Gasteiger charge is -2.13. The predicted octanol–water partition coefficient (Wildman–Crippen LogP) is 19.7. The van der Waals surface area contributed by atoms with E-state index in [1.165, 1.54) is 138 Å². The molecule has 0 saturated carbocycles. The van der Waals surface area contributed by atoms with Crippen molar-refractivity contribution in [1.29, 1.82) is 0 Å². The summed E-state index contributed by atoms with van der Waals surface area (Å²) in [5.74, 6) is 0. The van der Waals surface area contributed by atoms with Crippen molar-refractivity contribution in [3.05, 3.63) is 278 Å². The molecule has 16 aromatic rings. The molecule has 366 valence electrons. The molecule has 0 aliphatic carbocycles. The number of hydrogen-bond donors (Lipinski definition) is 0. The first-order valence-electron chi connectivity index (χ1n) is 27.0. The number of aromatic nitrogens is 4. The van der Waals surface area contributed by atoms with Crippen LogP contribution in [-0.4, -0.2) is 18.3 Å². The van der Waals surface area contributed by atoms with Crippen LogP contribution < -0.4 is 0 Å². The van der Waals surface area contributed by atoms with Gasteiger partial charge in [0.05, 0.1) is 44.1 Å². The fraction of sp³-hybridized carbons (Fsp3) is 0.0270. The molecule has 0 saturated heterocycles. The summed E-state index contributed by atoms with van der Waals surface area (Å²) in [6.45, 7) is 4.42. The van der Waals surface area contributed by atoms with Crippen LogP contribution in [0.4, 0.5) is 0 Å². The van der Waals surface area contributed by atoms with E-state index in [2.05, 4.69) is 299 Å². The quantitative estimate of drug-likeness (QED) is 0.152. The van der Waals surface area contributed by atoms with Crippen LogP contribution in [0.5, 0.6) is 0 Å². The number of para-hydroxylation sites is 4. The Labute approximate surface area is 451 Å². The van der Waals surface area contributed by atoms with E-state index in [4.69, 9.17) is 0 Å². The molecule has 0 aliphatic heterocycles. The lowest BCUT2D eigenvalue weighted by molar-refractivity contribution is 1.17. The first-order chi connectivity index (χ1) is 38.5. The van der Waals surface area contributed by atoms with Crippen LogP contribution in [0.15, 0.2) is 267 Å². The Hall–Kier alpha value is -10.2. The smallest absolute Gasteiger partial charge is 0.0543 e. The number of rotatable bonds is 7. The van der Waals surface area contributed by atoms with E-state index >= 15 is 0 Å². The number of hydrogen-bond acceptors (Lipinski definition) is 0. The van der Waals surface area contributed by atoms with Gasteiger partial charge in [0.2, 0.25) is 0 Å². The third-order valence-electron chi connectivity index (χ3n) is 16.5. The average molecular weight is 995 g/mol. The van der Waals surface area contributed by atoms with E-state index in [9.17, 15) is 0 Å². The Bertz CT molecular complexity index is 5100. The topological polar surface area (TPSA) is 19.7 Å². The number of fused-ring (bicyclic) bond motifs is 12. The molecule has 0 atom stereocenters. The SMILES string of the molecule is Cc1ccc2c(c1)c1cc(-c3ccc4c(c3)c3ccccc3n4-c3ccccc3)ccc1n2-c1cccc(-c2cccc(-n3c4ccccc4c4cc(-c5ccc6c(c5)c5c(C)cccc5n6-c5ccccc5)ccc43)c2)c1. The highest BCUT2D eigenvalue weighted by Gasteiger charge is 2.20. The van der Waals surface area contributed by atoms with E-state index in [0.29, 0.717) is 0 Å². The summed E-state index contributed by atoms with van der Waals surface area (Å²) in [6, 6.07) is 98.7. The molecular formula is C74H50N4. The van der Waals surface area contributed by atoms with Crippen molar-refractivity contribution in [2.45, 2.75) is 13.8 Å². The van der Waals surface area contributed by atoms with Gasteiger partial charge in [-0.3, -0.25) is 0 Å². The van der Waals surface area contributed by atoms with Gasteiger partial charge in [-0.05, 0) is 180 Å². The summed E-state index contributed by atoms with van der Waals surface area (Å²) in [5.41, 5.74) is 23.9. The molecule has 0 bridgehead atoms. The zero-order valence-electron chi connectivity index (χ0n) is 43.2. The minimum Gasteiger partial charge on any atom is -0.309 e. The number of benzene rings is 12. The standard InChI is InChI=1S/C74H50N4/c1-47-30-35-68-61(40-47)64-45-53(51-31-36-69-62(43-51)59-25-9-11-27-66(59)75(69)55-19-5-3-6-20-55)33-38-71(64)78(68)58-24-15-18-50(42-58)49-17-14-23-57(41-49)77-67-28-12-10-26-60(67)63-44-52(32-37-70(63)77)54-34-39-72-65(46-54)74-48(2)16-13-29-73(74)76(72)56-21-7-4-8-22-56/h3-46H,1-2H3. The van der Waals surface area contributed by atoms with Gasteiger partial charge in [0.25, 0.3) is 0 Å². The zero-order chi connectivity index (χ0) is 51.6. The van der Waals surface area contributed by atoms with E-state index in [0.717, 1.165) is 16.9 Å². The fourth-order valence-electron chi connectivity index (χ4n) is 13.0. The summed E-state index contributed by atoms with van der Waals surface area (Å²) in [5, 5.41) is 10.0. The molecule has 4 nitrogen and oxygen atoms in total. The maximum atomic E-state index is 2.45. The summed E-state index contributed by atoms with van der Waals surface area (Å²) in [6.07, 6.45) is 0. The van der Waals surface area contributed by atoms with Crippen LogP contribution in [-0.2, 0) is 0 Å². The van der Waals surface area contributed by atoms with Gasteiger partial charge in [-0.1, -0.05) is 145 Å². The predicted molar refractivity (Wildman–Crippen MR) is 330 cm³/mol. The van der Waals surface area contributed by atoms with E-state index in [-0.39, 0.29) is 0 Å². The van der Waals surface area contributed by atoms with E-state index < -0.39 is 0 Å². The van der Waals surface area contributed by atoms with Crippen LogP contribution in [0.1, 0.15) is 11.1 Å². The molecule has 4 heterocycles. The van der Waals surface area contributed by atoms with Gasteiger partial charge in [-0.15, -0.1) is 0 Å². The van der Waals surface area contributed by atoms with Crippen molar-refractivity contribution < 1.29 is 0 Å². The lowest BCUT2D eigenvalue weighted by Crippen LogP contribution is -1.96. The molecule has 12 aromatic carbocycles. The molecule has 0 N–H and O–H groups in total. The maximum Gasteiger partial charge on any atom is 0.0543 e. The Morgan fingerprint density at radius 3 is 1.05 bits per heavy atom. The van der Waals surface area contributed by atoms with Crippen molar-refractivity contribution in [3.63, 3.8) is 0 Å². The largest absolute Gasteiger partial charge is 0.309 e. The van der Waals surface area contributed by atoms with Crippen molar-refractivity contribution >= 4 is 87.2 Å². The van der Waals surface area contributed by atoms with Crippen LogP contribution in [0.3, 0.4) is 0 Å². The van der Waals surface area contributed by atoms with Gasteiger partial charge in [-0.2, -0.15) is 0 Å². The second-order valence-corrected chi connectivity index (χ2v) is 21.1. The first kappa shape index (κ1) is 44.2. The van der Waals surface area contributed by atoms with Crippen molar-refractivity contribution in [2.24, 2.45) is 0 Å². The van der Waals surface area contributed by atoms with Crippen LogP contribution in [0, 0.1) is 13.8 Å². The monoisotopic (exact) mass is 994 g/mol. The van der Waals surface area contributed by atoms with Crippen molar-refractivity contribution in [3.8, 4) is 56.1 Å². The molecule has 4 aromatic heterocycles. The fourth-order valence-corrected chi connectivity index (χ4v) is 13.0. The summed E-state index contributed by atoms with van der Waals surface area (Å²) >= 11 is 0. The molecule has 0 spiro atoms. The van der Waals surface area contributed by atoms with Crippen LogP contribution in [0.2, 0.25) is 0 Å². The van der Waals surface area contributed by atoms with Gasteiger partial charge in [0.15, 0.2) is 0 Å². The highest BCUT2D eigenvalue weighted by Crippen LogP contribution is 2.42. The van der Waals surface area contributed by atoms with Crippen LogP contribution in [0.25, 0.3) is 143 Å². The van der Waals surface area contributed by atoms with E-state index in [1.54, 1.807) is 0 Å². The normalized spacial score (nSPS) is 12.0. The minimum absolute atomic E-state index is 1.13. The van der Waals surface area contributed by atoms with E-state index in [1.807, 2.05) is 0 Å². The number of nitrogens with zero attached hydrogens (tertiary/aromatic N) is 4. The summed E-state index contributed by atoms with van der Waals surface area (Å²) in [4.78, 5) is 0. The highest BCUT2D eigenvalue weighted by molar-refractivity contribution is 6.15.